The van der Waals surface area contributed by atoms with Crippen LogP contribution in [-0.2, 0) is 6.42 Å². The average Bonchev–Trinajstić information content (AvgIpc) is 3.15. The largest absolute Gasteiger partial charge is 0.502 e. The summed E-state index contributed by atoms with van der Waals surface area (Å²) in [4.78, 5) is 13.6. The molecule has 0 amide bonds. The molecule has 0 aliphatic rings. The summed E-state index contributed by atoms with van der Waals surface area (Å²) in [6.45, 7) is 2.06. The Balaban J connectivity index is 2.22. The maximum atomic E-state index is 13.6. The number of phenols is 1. The zero-order valence-electron chi connectivity index (χ0n) is 17.8. The van der Waals surface area contributed by atoms with Crippen molar-refractivity contribution in [3.8, 4) is 28.7 Å². The van der Waals surface area contributed by atoms with Gasteiger partial charge in [-0.15, -0.1) is 0 Å². The quantitative estimate of drug-likeness (QED) is 0.506. The molecule has 1 N–H and O–H groups in total. The molecule has 0 atom stereocenters. The van der Waals surface area contributed by atoms with Gasteiger partial charge in [-0.2, -0.15) is 0 Å². The van der Waals surface area contributed by atoms with Crippen LogP contribution in [0.3, 0.4) is 0 Å². The van der Waals surface area contributed by atoms with Gasteiger partial charge in [0.2, 0.25) is 11.5 Å². The van der Waals surface area contributed by atoms with E-state index >= 15 is 0 Å². The van der Waals surface area contributed by atoms with E-state index in [2.05, 4.69) is 6.92 Å². The molecule has 7 nitrogen and oxygen atoms in total. The second-order valence-electron chi connectivity index (χ2n) is 6.74. The zero-order valence-corrected chi connectivity index (χ0v) is 17.8. The number of ketones is 1. The van der Waals surface area contributed by atoms with Gasteiger partial charge in [0.05, 0.1) is 34.0 Å². The van der Waals surface area contributed by atoms with Gasteiger partial charge in [0.1, 0.15) is 5.76 Å². The molecule has 2 aromatic carbocycles. The Labute approximate surface area is 175 Å². The number of methoxy groups -OCH3 is 4. The van der Waals surface area contributed by atoms with Crippen LogP contribution < -0.4 is 18.9 Å². The number of furan rings is 1. The molecule has 1 aromatic heterocycles. The van der Waals surface area contributed by atoms with Gasteiger partial charge in [0.25, 0.3) is 0 Å². The molecule has 0 aliphatic carbocycles. The summed E-state index contributed by atoms with van der Waals surface area (Å²) in [5.74, 6) is 1.59. The van der Waals surface area contributed by atoms with Crippen LogP contribution in [0.15, 0.2) is 28.7 Å². The SMILES string of the molecule is CCCCc1oc2c(O)c(OC)ccc2c1C(=O)c1cc(OC)c(OC)c(OC)c1. The first kappa shape index (κ1) is 21.4. The molecule has 0 saturated carbocycles. The maximum Gasteiger partial charge on any atom is 0.203 e. The van der Waals surface area contributed by atoms with E-state index in [0.717, 1.165) is 12.8 Å². The molecule has 0 unspecified atom stereocenters. The highest BCUT2D eigenvalue weighted by molar-refractivity contribution is 6.18. The van der Waals surface area contributed by atoms with Crippen molar-refractivity contribution in [2.24, 2.45) is 0 Å². The van der Waals surface area contributed by atoms with E-state index in [1.807, 2.05) is 0 Å². The lowest BCUT2D eigenvalue weighted by molar-refractivity contribution is 0.103. The third-order valence-corrected chi connectivity index (χ3v) is 5.00. The van der Waals surface area contributed by atoms with Crippen molar-refractivity contribution in [2.45, 2.75) is 26.2 Å². The number of benzene rings is 2. The predicted molar refractivity (Wildman–Crippen MR) is 113 cm³/mol. The molecule has 3 aromatic rings. The van der Waals surface area contributed by atoms with Crippen molar-refractivity contribution in [3.63, 3.8) is 0 Å². The van der Waals surface area contributed by atoms with Crippen molar-refractivity contribution >= 4 is 16.8 Å². The van der Waals surface area contributed by atoms with Crippen LogP contribution in [0, 0.1) is 0 Å². The lowest BCUT2D eigenvalue weighted by atomic mass is 9.97. The van der Waals surface area contributed by atoms with Crippen molar-refractivity contribution in [1.82, 2.24) is 0 Å². The van der Waals surface area contributed by atoms with Gasteiger partial charge in [-0.1, -0.05) is 13.3 Å². The number of unbranched alkanes of at least 4 members (excludes halogenated alkanes) is 1. The van der Waals surface area contributed by atoms with Gasteiger partial charge in [-0.05, 0) is 30.7 Å². The van der Waals surface area contributed by atoms with Crippen molar-refractivity contribution in [2.75, 3.05) is 28.4 Å². The Bertz CT molecular complexity index is 1040. The molecule has 160 valence electrons. The van der Waals surface area contributed by atoms with Crippen LogP contribution in [0.2, 0.25) is 0 Å². The number of rotatable bonds is 9. The molecular weight excluding hydrogens is 388 g/mol. The highest BCUT2D eigenvalue weighted by Gasteiger charge is 2.26. The van der Waals surface area contributed by atoms with E-state index in [1.54, 1.807) is 24.3 Å². The molecule has 0 aliphatic heterocycles. The van der Waals surface area contributed by atoms with Gasteiger partial charge < -0.3 is 28.5 Å². The molecule has 0 fully saturated rings. The van der Waals surface area contributed by atoms with Gasteiger partial charge in [0, 0.05) is 17.4 Å². The summed E-state index contributed by atoms with van der Waals surface area (Å²) in [6.07, 6.45) is 2.34. The number of hydrogen-bond donors (Lipinski definition) is 1. The van der Waals surface area contributed by atoms with E-state index in [1.165, 1.54) is 28.4 Å². The minimum absolute atomic E-state index is 0.128. The summed E-state index contributed by atoms with van der Waals surface area (Å²) < 4.78 is 27.2. The summed E-state index contributed by atoms with van der Waals surface area (Å²) >= 11 is 0. The topological polar surface area (TPSA) is 87.4 Å². The molecule has 7 heteroatoms. The molecule has 0 radical (unpaired) electrons. The number of aromatic hydroxyl groups is 1. The summed E-state index contributed by atoms with van der Waals surface area (Å²) in [5, 5.41) is 11.0. The predicted octanol–water partition coefficient (Wildman–Crippen LogP) is 4.75. The lowest BCUT2D eigenvalue weighted by Crippen LogP contribution is -2.06. The number of carbonyl (C=O) groups is 1. The normalized spacial score (nSPS) is 10.8. The second-order valence-corrected chi connectivity index (χ2v) is 6.74. The van der Waals surface area contributed by atoms with Crippen LogP contribution in [0.25, 0.3) is 11.0 Å². The minimum atomic E-state index is -0.260. The second kappa shape index (κ2) is 8.98. The van der Waals surface area contributed by atoms with E-state index in [9.17, 15) is 9.90 Å². The minimum Gasteiger partial charge on any atom is -0.502 e. The first-order chi connectivity index (χ1) is 14.5. The number of fused-ring (bicyclic) bond motifs is 1. The molecule has 1 heterocycles. The molecule has 3 rings (SSSR count). The lowest BCUT2D eigenvalue weighted by Gasteiger charge is -2.14. The smallest absolute Gasteiger partial charge is 0.203 e. The average molecular weight is 414 g/mol. The monoisotopic (exact) mass is 414 g/mol. The van der Waals surface area contributed by atoms with E-state index in [0.29, 0.717) is 45.9 Å². The fraction of sp³-hybridized carbons (Fsp3) is 0.348. The highest BCUT2D eigenvalue weighted by Crippen LogP contribution is 2.42. The number of ether oxygens (including phenoxy) is 4. The zero-order chi connectivity index (χ0) is 21.8. The van der Waals surface area contributed by atoms with Crippen molar-refractivity contribution in [1.29, 1.82) is 0 Å². The van der Waals surface area contributed by atoms with E-state index in [4.69, 9.17) is 23.4 Å². The fourth-order valence-corrected chi connectivity index (χ4v) is 3.46. The number of aryl methyl sites for hydroxylation is 1. The number of hydrogen-bond acceptors (Lipinski definition) is 7. The third-order valence-electron chi connectivity index (χ3n) is 5.00. The maximum absolute atomic E-state index is 13.6. The molecule has 0 bridgehead atoms. The van der Waals surface area contributed by atoms with Crippen molar-refractivity contribution < 1.29 is 33.3 Å². The Morgan fingerprint density at radius 2 is 1.60 bits per heavy atom. The first-order valence-electron chi connectivity index (χ1n) is 9.66. The third kappa shape index (κ3) is 3.63. The van der Waals surface area contributed by atoms with Gasteiger partial charge in [-0.25, -0.2) is 0 Å². The Morgan fingerprint density at radius 3 is 2.13 bits per heavy atom. The number of carbonyl (C=O) groups excluding carboxylic acids is 1. The van der Waals surface area contributed by atoms with Crippen LogP contribution in [0.5, 0.6) is 28.7 Å². The molecule has 30 heavy (non-hydrogen) atoms. The molecule has 0 spiro atoms. The van der Waals surface area contributed by atoms with E-state index < -0.39 is 0 Å². The van der Waals surface area contributed by atoms with E-state index in [-0.39, 0.29) is 22.9 Å². The fourth-order valence-electron chi connectivity index (χ4n) is 3.46. The highest BCUT2D eigenvalue weighted by atomic mass is 16.5. The number of phenolic OH excluding ortho intramolecular Hbond substituents is 1. The Hall–Kier alpha value is -3.35. The summed E-state index contributed by atoms with van der Waals surface area (Å²) in [5.41, 5.74) is 1.00. The van der Waals surface area contributed by atoms with Crippen LogP contribution in [0.4, 0.5) is 0 Å². The van der Waals surface area contributed by atoms with Crippen LogP contribution in [0.1, 0.15) is 41.4 Å². The van der Waals surface area contributed by atoms with Gasteiger partial charge in [0.15, 0.2) is 28.6 Å². The Morgan fingerprint density at radius 1 is 0.967 bits per heavy atom. The van der Waals surface area contributed by atoms with Crippen molar-refractivity contribution in [3.05, 3.63) is 41.2 Å². The summed E-state index contributed by atoms with van der Waals surface area (Å²) in [7, 11) is 5.96. The Kier molecular flexibility index (Phi) is 6.40. The molecular formula is C23H26O7. The first-order valence-corrected chi connectivity index (χ1v) is 9.66. The summed E-state index contributed by atoms with van der Waals surface area (Å²) in [6, 6.07) is 6.55. The van der Waals surface area contributed by atoms with Crippen LogP contribution in [-0.4, -0.2) is 39.3 Å². The van der Waals surface area contributed by atoms with Gasteiger partial charge >= 0.3 is 0 Å². The molecule has 0 saturated heterocycles. The standard InChI is InChI=1S/C23H26O7/c1-6-7-8-15-19(14-9-10-16(26-2)21(25)22(14)30-15)20(24)13-11-17(27-3)23(29-5)18(12-13)28-4/h9-12,25H,6-8H2,1-5H3. The van der Waals surface area contributed by atoms with Crippen LogP contribution >= 0.6 is 0 Å². The van der Waals surface area contributed by atoms with Gasteiger partial charge in [-0.3, -0.25) is 4.79 Å².